The number of thioether (sulfide) groups is 1. The molecule has 0 spiro atoms. The number of hydrogen-bond acceptors (Lipinski definition) is 4. The second-order valence-electron chi connectivity index (χ2n) is 6.14. The summed E-state index contributed by atoms with van der Waals surface area (Å²) in [5.41, 5.74) is 1.84. The molecule has 3 rings (SSSR count). The van der Waals surface area contributed by atoms with E-state index in [0.717, 1.165) is 34.5 Å². The first kappa shape index (κ1) is 20.5. The number of alkyl halides is 3. The van der Waals surface area contributed by atoms with Gasteiger partial charge in [-0.05, 0) is 54.8 Å². The minimum absolute atomic E-state index is 0.0198. The van der Waals surface area contributed by atoms with Crippen molar-refractivity contribution in [2.45, 2.75) is 30.9 Å². The van der Waals surface area contributed by atoms with Crippen LogP contribution in [0.5, 0.6) is 11.6 Å². The van der Waals surface area contributed by atoms with Crippen molar-refractivity contribution < 1.29 is 17.9 Å². The van der Waals surface area contributed by atoms with Gasteiger partial charge in [-0.2, -0.15) is 18.2 Å². The number of halogens is 4. The Morgan fingerprint density at radius 3 is 2.46 bits per heavy atom. The second kappa shape index (κ2) is 8.41. The number of ether oxygens (including phenoxy) is 1. The van der Waals surface area contributed by atoms with Crippen molar-refractivity contribution in [2.24, 2.45) is 0 Å². The Kier molecular flexibility index (Phi) is 6.15. The van der Waals surface area contributed by atoms with E-state index in [-0.39, 0.29) is 11.0 Å². The lowest BCUT2D eigenvalue weighted by atomic mass is 10.1. The van der Waals surface area contributed by atoms with Crippen LogP contribution < -0.4 is 4.74 Å². The van der Waals surface area contributed by atoms with Gasteiger partial charge in [-0.15, -0.1) is 0 Å². The number of nitrogens with zero attached hydrogens (tertiary/aromatic N) is 2. The van der Waals surface area contributed by atoms with E-state index >= 15 is 0 Å². The van der Waals surface area contributed by atoms with Crippen LogP contribution in [-0.2, 0) is 11.9 Å². The van der Waals surface area contributed by atoms with Crippen LogP contribution in [0.4, 0.5) is 13.2 Å². The molecular formula is C20H16ClF3N2OS. The van der Waals surface area contributed by atoms with Crippen LogP contribution in [-0.4, -0.2) is 9.97 Å². The normalized spacial score (nSPS) is 11.5. The molecule has 0 aliphatic heterocycles. The fourth-order valence-electron chi connectivity index (χ4n) is 2.34. The van der Waals surface area contributed by atoms with Crippen LogP contribution in [0.2, 0.25) is 5.02 Å². The van der Waals surface area contributed by atoms with Gasteiger partial charge in [0.05, 0.1) is 0 Å². The maximum atomic E-state index is 13.2. The van der Waals surface area contributed by atoms with E-state index in [1.165, 1.54) is 0 Å². The molecule has 0 unspecified atom stereocenters. The molecule has 146 valence electrons. The molecule has 2 aromatic carbocycles. The summed E-state index contributed by atoms with van der Waals surface area (Å²) in [6.07, 6.45) is -4.60. The third-order valence-corrected chi connectivity index (χ3v) is 5.08. The SMILES string of the molecule is Cc1ccc(Oc2cc(C(F)(F)F)nc(SCc3cccc(Cl)c3)n2)cc1C. The standard InChI is InChI=1S/C20H16ClF3N2OS/c1-12-6-7-16(8-13(12)2)27-18-10-17(20(22,23)24)25-19(26-18)28-11-14-4-3-5-15(21)9-14/h3-10H,11H2,1-2H3. The smallest absolute Gasteiger partial charge is 0.433 e. The number of hydrogen-bond donors (Lipinski definition) is 0. The highest BCUT2D eigenvalue weighted by Crippen LogP contribution is 2.33. The highest BCUT2D eigenvalue weighted by atomic mass is 35.5. The molecule has 1 heterocycles. The van der Waals surface area contributed by atoms with E-state index in [1.807, 2.05) is 26.0 Å². The summed E-state index contributed by atoms with van der Waals surface area (Å²) in [4.78, 5) is 7.76. The van der Waals surface area contributed by atoms with Crippen LogP contribution in [0.15, 0.2) is 53.7 Å². The summed E-state index contributed by atoms with van der Waals surface area (Å²) in [6.45, 7) is 3.84. The Labute approximate surface area is 169 Å². The quantitative estimate of drug-likeness (QED) is 0.331. The monoisotopic (exact) mass is 424 g/mol. The Bertz CT molecular complexity index is 995. The summed E-state index contributed by atoms with van der Waals surface area (Å²) in [5.74, 6) is 0.644. The predicted molar refractivity (Wildman–Crippen MR) is 104 cm³/mol. The van der Waals surface area contributed by atoms with E-state index in [2.05, 4.69) is 9.97 Å². The Balaban J connectivity index is 1.87. The van der Waals surface area contributed by atoms with Gasteiger partial charge < -0.3 is 4.74 Å². The van der Waals surface area contributed by atoms with Crippen molar-refractivity contribution in [1.29, 1.82) is 0 Å². The summed E-state index contributed by atoms with van der Waals surface area (Å²) >= 11 is 7.02. The van der Waals surface area contributed by atoms with Crippen LogP contribution in [0, 0.1) is 13.8 Å². The van der Waals surface area contributed by atoms with Gasteiger partial charge in [0.25, 0.3) is 0 Å². The lowest BCUT2D eigenvalue weighted by molar-refractivity contribution is -0.141. The molecule has 0 amide bonds. The van der Waals surface area contributed by atoms with Crippen molar-refractivity contribution >= 4 is 23.4 Å². The first-order valence-electron chi connectivity index (χ1n) is 8.29. The zero-order valence-corrected chi connectivity index (χ0v) is 16.6. The maximum absolute atomic E-state index is 13.2. The molecule has 0 saturated heterocycles. The Morgan fingerprint density at radius 1 is 1.00 bits per heavy atom. The maximum Gasteiger partial charge on any atom is 0.433 e. The largest absolute Gasteiger partial charge is 0.439 e. The zero-order chi connectivity index (χ0) is 20.3. The number of aryl methyl sites for hydroxylation is 2. The lowest BCUT2D eigenvalue weighted by Gasteiger charge is -2.12. The van der Waals surface area contributed by atoms with Crippen LogP contribution in [0.1, 0.15) is 22.4 Å². The summed E-state index contributed by atoms with van der Waals surface area (Å²) in [7, 11) is 0. The molecule has 0 aliphatic rings. The van der Waals surface area contributed by atoms with Crippen molar-refractivity contribution in [1.82, 2.24) is 9.97 Å². The summed E-state index contributed by atoms with van der Waals surface area (Å²) in [5, 5.41) is 0.537. The average Bonchev–Trinajstić information content (AvgIpc) is 2.62. The molecule has 0 atom stereocenters. The summed E-state index contributed by atoms with van der Waals surface area (Å²) < 4.78 is 45.3. The molecule has 28 heavy (non-hydrogen) atoms. The van der Waals surface area contributed by atoms with Gasteiger partial charge in [-0.3, -0.25) is 0 Å². The molecule has 8 heteroatoms. The van der Waals surface area contributed by atoms with Gasteiger partial charge in [-0.1, -0.05) is 41.6 Å². The average molecular weight is 425 g/mol. The van der Waals surface area contributed by atoms with E-state index in [1.54, 1.807) is 30.3 Å². The van der Waals surface area contributed by atoms with Crippen molar-refractivity contribution in [3.05, 3.63) is 75.9 Å². The minimum atomic E-state index is -4.60. The van der Waals surface area contributed by atoms with E-state index in [4.69, 9.17) is 16.3 Å². The highest BCUT2D eigenvalue weighted by molar-refractivity contribution is 7.98. The first-order chi connectivity index (χ1) is 13.2. The molecular weight excluding hydrogens is 409 g/mol. The highest BCUT2D eigenvalue weighted by Gasteiger charge is 2.34. The molecule has 0 saturated carbocycles. The first-order valence-corrected chi connectivity index (χ1v) is 9.66. The van der Waals surface area contributed by atoms with Crippen LogP contribution in [0.3, 0.4) is 0 Å². The molecule has 1 aromatic heterocycles. The molecule has 0 bridgehead atoms. The predicted octanol–water partition coefficient (Wildman–Crippen LogP) is 6.85. The zero-order valence-electron chi connectivity index (χ0n) is 15.0. The molecule has 0 N–H and O–H groups in total. The lowest BCUT2D eigenvalue weighted by Crippen LogP contribution is -2.10. The van der Waals surface area contributed by atoms with E-state index < -0.39 is 11.9 Å². The third-order valence-electron chi connectivity index (χ3n) is 3.93. The number of aromatic nitrogens is 2. The number of rotatable bonds is 5. The Hall–Kier alpha value is -2.25. The number of benzene rings is 2. The summed E-state index contributed by atoms with van der Waals surface area (Å²) in [6, 6.07) is 13.2. The van der Waals surface area contributed by atoms with Gasteiger partial charge >= 0.3 is 6.18 Å². The Morgan fingerprint density at radius 2 is 1.79 bits per heavy atom. The van der Waals surface area contributed by atoms with Crippen molar-refractivity contribution in [3.8, 4) is 11.6 Å². The van der Waals surface area contributed by atoms with E-state index in [9.17, 15) is 13.2 Å². The van der Waals surface area contributed by atoms with Gasteiger partial charge in [-0.25, -0.2) is 4.98 Å². The van der Waals surface area contributed by atoms with Gasteiger partial charge in [0.2, 0.25) is 5.88 Å². The fourth-order valence-corrected chi connectivity index (χ4v) is 3.34. The molecule has 3 nitrogen and oxygen atoms in total. The topological polar surface area (TPSA) is 35.0 Å². The van der Waals surface area contributed by atoms with Gasteiger partial charge in [0, 0.05) is 16.8 Å². The van der Waals surface area contributed by atoms with Crippen LogP contribution in [0.25, 0.3) is 0 Å². The van der Waals surface area contributed by atoms with Gasteiger partial charge in [0.1, 0.15) is 5.75 Å². The molecule has 0 aliphatic carbocycles. The molecule has 0 fully saturated rings. The van der Waals surface area contributed by atoms with Gasteiger partial charge in [0.15, 0.2) is 10.9 Å². The molecule has 3 aromatic rings. The fraction of sp³-hybridized carbons (Fsp3) is 0.200. The minimum Gasteiger partial charge on any atom is -0.439 e. The van der Waals surface area contributed by atoms with Crippen molar-refractivity contribution in [3.63, 3.8) is 0 Å². The second-order valence-corrected chi connectivity index (χ2v) is 7.52. The third kappa shape index (κ3) is 5.39. The molecule has 0 radical (unpaired) electrons. The van der Waals surface area contributed by atoms with Crippen LogP contribution >= 0.6 is 23.4 Å². The van der Waals surface area contributed by atoms with Crippen molar-refractivity contribution in [2.75, 3.05) is 0 Å². The van der Waals surface area contributed by atoms with E-state index in [0.29, 0.717) is 16.5 Å².